The maximum atomic E-state index is 12.1. The van der Waals surface area contributed by atoms with Gasteiger partial charge in [-0.3, -0.25) is 14.7 Å². The predicted octanol–water partition coefficient (Wildman–Crippen LogP) is 2.39. The summed E-state index contributed by atoms with van der Waals surface area (Å²) in [6.45, 7) is 2.56. The highest BCUT2D eigenvalue weighted by molar-refractivity contribution is 5.89. The van der Waals surface area contributed by atoms with Gasteiger partial charge in [0.25, 0.3) is 6.47 Å². The van der Waals surface area contributed by atoms with Crippen molar-refractivity contribution in [2.45, 2.75) is 50.9 Å². The van der Waals surface area contributed by atoms with Gasteiger partial charge in [0.1, 0.15) is 6.10 Å². The highest BCUT2D eigenvalue weighted by Gasteiger charge is 2.34. The number of hydrogen-bond acceptors (Lipinski definition) is 6. The Hall–Kier alpha value is -1.95. The number of pyridine rings is 1. The van der Waals surface area contributed by atoms with Crippen molar-refractivity contribution in [1.29, 1.82) is 0 Å². The molecule has 1 aromatic heterocycles. The number of hydrogen-bond donors (Lipinski definition) is 0. The predicted molar refractivity (Wildman–Crippen MR) is 87.1 cm³/mol. The third-order valence-corrected chi connectivity index (χ3v) is 5.01. The van der Waals surface area contributed by atoms with Crippen LogP contribution in [0.4, 0.5) is 0 Å². The van der Waals surface area contributed by atoms with Crippen molar-refractivity contribution in [3.8, 4) is 0 Å². The third kappa shape index (κ3) is 4.12. The van der Waals surface area contributed by atoms with Crippen LogP contribution in [0, 0.1) is 5.92 Å². The molecule has 6 heteroatoms. The Kier molecular flexibility index (Phi) is 5.80. The second kappa shape index (κ2) is 8.24. The molecule has 130 valence electrons. The lowest BCUT2D eigenvalue weighted by atomic mass is 9.85. The molecule has 1 unspecified atom stereocenters. The lowest BCUT2D eigenvalue weighted by molar-refractivity contribution is -0.150. The molecule has 24 heavy (non-hydrogen) atoms. The van der Waals surface area contributed by atoms with Gasteiger partial charge in [-0.05, 0) is 50.7 Å². The first-order valence-corrected chi connectivity index (χ1v) is 8.72. The summed E-state index contributed by atoms with van der Waals surface area (Å²) in [5.74, 6) is 0.0326. The van der Waals surface area contributed by atoms with E-state index in [-0.39, 0.29) is 18.3 Å². The molecule has 0 spiro atoms. The van der Waals surface area contributed by atoms with Crippen LogP contribution in [0.15, 0.2) is 24.5 Å². The monoisotopic (exact) mass is 332 g/mol. The van der Waals surface area contributed by atoms with E-state index in [9.17, 15) is 9.59 Å². The second-order valence-electron chi connectivity index (χ2n) is 6.54. The van der Waals surface area contributed by atoms with Crippen molar-refractivity contribution in [3.05, 3.63) is 30.1 Å². The quantitative estimate of drug-likeness (QED) is 0.588. The summed E-state index contributed by atoms with van der Waals surface area (Å²) in [6.07, 6.45) is 8.76. The van der Waals surface area contributed by atoms with Gasteiger partial charge in [-0.25, -0.2) is 4.79 Å². The number of likely N-dealkylation sites (tertiary alicyclic amines) is 1. The van der Waals surface area contributed by atoms with Crippen LogP contribution in [-0.4, -0.2) is 47.7 Å². The lowest BCUT2D eigenvalue weighted by Crippen LogP contribution is -2.43. The van der Waals surface area contributed by atoms with Gasteiger partial charge in [-0.15, -0.1) is 0 Å². The van der Waals surface area contributed by atoms with Gasteiger partial charge in [-0.2, -0.15) is 0 Å². The molecule has 1 atom stereocenters. The van der Waals surface area contributed by atoms with Crippen molar-refractivity contribution in [3.63, 3.8) is 0 Å². The SMILES string of the molecule is O=COC(C1CCC(OC(=O)c2ccncc2)CC1)N1CCCC1. The Balaban J connectivity index is 1.51. The average molecular weight is 332 g/mol. The number of carbonyl (C=O) groups is 2. The number of rotatable bonds is 6. The summed E-state index contributed by atoms with van der Waals surface area (Å²) >= 11 is 0. The number of esters is 1. The highest BCUT2D eigenvalue weighted by atomic mass is 16.5. The van der Waals surface area contributed by atoms with Crippen LogP contribution in [-0.2, 0) is 14.3 Å². The molecule has 3 rings (SSSR count). The molecule has 1 aromatic rings. The van der Waals surface area contributed by atoms with Crippen LogP contribution in [0.25, 0.3) is 0 Å². The fraction of sp³-hybridized carbons (Fsp3) is 0.611. The first-order chi connectivity index (χ1) is 11.8. The molecule has 0 aromatic carbocycles. The number of nitrogens with zero attached hydrogens (tertiary/aromatic N) is 2. The first-order valence-electron chi connectivity index (χ1n) is 8.72. The van der Waals surface area contributed by atoms with Gasteiger partial charge in [0, 0.05) is 31.4 Å². The molecule has 1 aliphatic heterocycles. The summed E-state index contributed by atoms with van der Waals surface area (Å²) in [5.41, 5.74) is 0.534. The fourth-order valence-electron chi connectivity index (χ4n) is 3.75. The minimum absolute atomic E-state index is 0.0580. The van der Waals surface area contributed by atoms with E-state index in [2.05, 4.69) is 9.88 Å². The summed E-state index contributed by atoms with van der Waals surface area (Å²) in [4.78, 5) is 29.1. The Morgan fingerprint density at radius 3 is 2.46 bits per heavy atom. The third-order valence-electron chi connectivity index (χ3n) is 5.01. The van der Waals surface area contributed by atoms with Crippen LogP contribution in [0.3, 0.4) is 0 Å². The molecule has 2 aliphatic rings. The average Bonchev–Trinajstić information content (AvgIpc) is 3.15. The van der Waals surface area contributed by atoms with Crippen molar-refractivity contribution in [1.82, 2.24) is 9.88 Å². The molecule has 1 aliphatic carbocycles. The minimum Gasteiger partial charge on any atom is -0.459 e. The maximum Gasteiger partial charge on any atom is 0.338 e. The molecule has 1 saturated carbocycles. The Morgan fingerprint density at radius 2 is 1.83 bits per heavy atom. The van der Waals surface area contributed by atoms with Crippen LogP contribution >= 0.6 is 0 Å². The van der Waals surface area contributed by atoms with Crippen molar-refractivity contribution >= 4 is 12.4 Å². The molecule has 0 amide bonds. The summed E-state index contributed by atoms with van der Waals surface area (Å²) in [6, 6.07) is 3.32. The van der Waals surface area contributed by atoms with Gasteiger partial charge in [-0.1, -0.05) is 0 Å². The standard InChI is InChI=1S/C18H24N2O4/c21-13-23-17(20-11-1-2-12-20)14-3-5-16(6-4-14)24-18(22)15-7-9-19-10-8-15/h7-10,13-14,16-17H,1-6,11-12H2. The maximum absolute atomic E-state index is 12.1. The van der Waals surface area contributed by atoms with Crippen LogP contribution in [0.5, 0.6) is 0 Å². The van der Waals surface area contributed by atoms with Gasteiger partial charge in [0.15, 0.2) is 6.23 Å². The van der Waals surface area contributed by atoms with Crippen molar-refractivity contribution in [2.24, 2.45) is 5.92 Å². The van der Waals surface area contributed by atoms with E-state index in [1.54, 1.807) is 24.5 Å². The van der Waals surface area contributed by atoms with E-state index >= 15 is 0 Å². The highest BCUT2D eigenvalue weighted by Crippen LogP contribution is 2.32. The molecule has 0 bridgehead atoms. The molecular formula is C18H24N2O4. The van der Waals surface area contributed by atoms with Crippen molar-refractivity contribution in [2.75, 3.05) is 13.1 Å². The van der Waals surface area contributed by atoms with E-state index in [0.29, 0.717) is 18.0 Å². The van der Waals surface area contributed by atoms with Crippen LogP contribution in [0.1, 0.15) is 48.9 Å². The van der Waals surface area contributed by atoms with Crippen molar-refractivity contribution < 1.29 is 19.1 Å². The second-order valence-corrected chi connectivity index (χ2v) is 6.54. The number of ether oxygens (including phenoxy) is 2. The summed E-state index contributed by atoms with van der Waals surface area (Å²) < 4.78 is 11.0. The molecule has 6 nitrogen and oxygen atoms in total. The largest absolute Gasteiger partial charge is 0.459 e. The lowest BCUT2D eigenvalue weighted by Gasteiger charge is -2.36. The van der Waals surface area contributed by atoms with E-state index in [0.717, 1.165) is 51.6 Å². The van der Waals surface area contributed by atoms with Crippen LogP contribution < -0.4 is 0 Å². The van der Waals surface area contributed by atoms with Crippen LogP contribution in [0.2, 0.25) is 0 Å². The topological polar surface area (TPSA) is 68.7 Å². The molecule has 2 heterocycles. The molecule has 2 fully saturated rings. The molecular weight excluding hydrogens is 308 g/mol. The Bertz CT molecular complexity index is 537. The fourth-order valence-corrected chi connectivity index (χ4v) is 3.75. The smallest absolute Gasteiger partial charge is 0.338 e. The van der Waals surface area contributed by atoms with E-state index in [1.807, 2.05) is 0 Å². The molecule has 0 N–H and O–H groups in total. The zero-order valence-electron chi connectivity index (χ0n) is 13.8. The Morgan fingerprint density at radius 1 is 1.17 bits per heavy atom. The van der Waals surface area contributed by atoms with E-state index in [1.165, 1.54) is 0 Å². The zero-order chi connectivity index (χ0) is 16.8. The zero-order valence-corrected chi connectivity index (χ0v) is 13.8. The molecule has 1 saturated heterocycles. The summed E-state index contributed by atoms with van der Waals surface area (Å²) in [5, 5.41) is 0. The minimum atomic E-state index is -0.291. The van der Waals surface area contributed by atoms with E-state index < -0.39 is 0 Å². The Labute approximate surface area is 142 Å². The van der Waals surface area contributed by atoms with E-state index in [4.69, 9.17) is 9.47 Å². The van der Waals surface area contributed by atoms with Gasteiger partial charge in [0.05, 0.1) is 5.56 Å². The van der Waals surface area contributed by atoms with Gasteiger partial charge >= 0.3 is 5.97 Å². The number of aromatic nitrogens is 1. The molecule has 0 radical (unpaired) electrons. The van der Waals surface area contributed by atoms with Gasteiger partial charge < -0.3 is 9.47 Å². The normalized spacial score (nSPS) is 25.8. The number of carbonyl (C=O) groups excluding carboxylic acids is 2. The van der Waals surface area contributed by atoms with Gasteiger partial charge in [0.2, 0.25) is 0 Å². The summed E-state index contributed by atoms with van der Waals surface area (Å²) in [7, 11) is 0. The first kappa shape index (κ1) is 16.9.